The SMILES string of the molecule is C[S+](C)[N-]S(=O)(=O)c1cccc([N+](=O)[O-])c1. The number of nitro benzene ring substituents is 1. The second kappa shape index (κ2) is 4.81. The van der Waals surface area contributed by atoms with E-state index in [4.69, 9.17) is 0 Å². The Kier molecular flexibility index (Phi) is 3.89. The number of rotatable bonds is 4. The molecule has 0 unspecified atom stereocenters. The largest absolute Gasteiger partial charge is 0.313 e. The Morgan fingerprint density at radius 2 is 2.00 bits per heavy atom. The van der Waals surface area contributed by atoms with Gasteiger partial charge in [-0.2, -0.15) is 0 Å². The Morgan fingerprint density at radius 1 is 1.38 bits per heavy atom. The summed E-state index contributed by atoms with van der Waals surface area (Å²) in [5, 5.41) is 10.5. The molecule has 0 heterocycles. The molecule has 0 aromatic heterocycles. The van der Waals surface area contributed by atoms with Crippen LogP contribution in [0.5, 0.6) is 0 Å². The summed E-state index contributed by atoms with van der Waals surface area (Å²) in [6.07, 6.45) is 3.30. The third-order valence-corrected chi connectivity index (χ3v) is 4.40. The first kappa shape index (κ1) is 12.9. The Bertz CT molecular complexity index is 499. The van der Waals surface area contributed by atoms with Crippen molar-refractivity contribution in [1.29, 1.82) is 0 Å². The van der Waals surface area contributed by atoms with E-state index in [1.807, 2.05) is 0 Å². The van der Waals surface area contributed by atoms with Crippen LogP contribution >= 0.6 is 0 Å². The Balaban J connectivity index is 3.14. The van der Waals surface area contributed by atoms with Gasteiger partial charge in [-0.15, -0.1) is 0 Å². The van der Waals surface area contributed by atoms with Crippen molar-refractivity contribution in [2.24, 2.45) is 0 Å². The van der Waals surface area contributed by atoms with Gasteiger partial charge in [-0.25, -0.2) is 8.42 Å². The fraction of sp³-hybridized carbons (Fsp3) is 0.250. The topological polar surface area (TPSA) is 91.4 Å². The van der Waals surface area contributed by atoms with Crippen molar-refractivity contribution >= 4 is 26.8 Å². The average molecular weight is 262 g/mol. The molecule has 0 aliphatic rings. The van der Waals surface area contributed by atoms with Crippen molar-refractivity contribution < 1.29 is 13.3 Å². The lowest BCUT2D eigenvalue weighted by atomic mass is 10.3. The van der Waals surface area contributed by atoms with Crippen LogP contribution in [0.3, 0.4) is 0 Å². The number of nitrogens with zero attached hydrogens (tertiary/aromatic N) is 2. The van der Waals surface area contributed by atoms with E-state index >= 15 is 0 Å². The molecule has 0 saturated heterocycles. The zero-order chi connectivity index (χ0) is 12.3. The van der Waals surface area contributed by atoms with Crippen LogP contribution in [0, 0.1) is 10.1 Å². The molecular weight excluding hydrogens is 252 g/mol. The minimum absolute atomic E-state index is 0.150. The van der Waals surface area contributed by atoms with Crippen LogP contribution in [0.15, 0.2) is 29.2 Å². The number of hydrogen-bond donors (Lipinski definition) is 0. The molecule has 0 amide bonds. The van der Waals surface area contributed by atoms with Gasteiger partial charge < -0.3 is 4.13 Å². The molecule has 6 nitrogen and oxygen atoms in total. The van der Waals surface area contributed by atoms with Gasteiger partial charge in [-0.1, -0.05) is 17.1 Å². The molecule has 0 bridgehead atoms. The highest BCUT2D eigenvalue weighted by atomic mass is 32.3. The first-order valence-corrected chi connectivity index (χ1v) is 7.57. The van der Waals surface area contributed by atoms with Gasteiger partial charge in [0.1, 0.15) is 10.0 Å². The summed E-state index contributed by atoms with van der Waals surface area (Å²) in [4.78, 5) is 9.69. The van der Waals surface area contributed by atoms with E-state index < -0.39 is 26.0 Å². The quantitative estimate of drug-likeness (QED) is 0.466. The first-order valence-electron chi connectivity index (χ1n) is 4.13. The first-order chi connectivity index (χ1) is 7.33. The van der Waals surface area contributed by atoms with Crippen LogP contribution in [-0.2, 0) is 21.1 Å². The summed E-state index contributed by atoms with van der Waals surface area (Å²) in [5.41, 5.74) is -0.261. The van der Waals surface area contributed by atoms with Crippen LogP contribution < -0.4 is 0 Å². The lowest BCUT2D eigenvalue weighted by molar-refractivity contribution is -0.385. The highest BCUT2D eigenvalue weighted by molar-refractivity contribution is 8.14. The van der Waals surface area contributed by atoms with Crippen molar-refractivity contribution in [2.75, 3.05) is 12.5 Å². The van der Waals surface area contributed by atoms with Gasteiger partial charge in [0.15, 0.2) is 0 Å². The van der Waals surface area contributed by atoms with Crippen LogP contribution in [0.2, 0.25) is 0 Å². The molecule has 8 heteroatoms. The predicted molar refractivity (Wildman–Crippen MR) is 62.9 cm³/mol. The molecular formula is C8H10N2O4S2. The fourth-order valence-electron chi connectivity index (χ4n) is 0.997. The number of nitro groups is 1. The molecule has 0 atom stereocenters. The average Bonchev–Trinajstić information content (AvgIpc) is 2.16. The number of hydrogen-bond acceptors (Lipinski definition) is 4. The van der Waals surface area contributed by atoms with Crippen LogP contribution in [0.1, 0.15) is 0 Å². The summed E-state index contributed by atoms with van der Waals surface area (Å²) in [6.45, 7) is 0. The zero-order valence-electron chi connectivity index (χ0n) is 8.65. The van der Waals surface area contributed by atoms with E-state index in [-0.39, 0.29) is 10.6 Å². The number of benzene rings is 1. The zero-order valence-corrected chi connectivity index (χ0v) is 10.3. The molecule has 0 fully saturated rings. The van der Waals surface area contributed by atoms with Crippen molar-refractivity contribution in [1.82, 2.24) is 0 Å². The monoisotopic (exact) mass is 262 g/mol. The molecule has 0 radical (unpaired) electrons. The Morgan fingerprint density at radius 3 is 2.50 bits per heavy atom. The van der Waals surface area contributed by atoms with Crippen LogP contribution in [-0.4, -0.2) is 25.9 Å². The normalized spacial score (nSPS) is 11.7. The van der Waals surface area contributed by atoms with Crippen molar-refractivity contribution in [2.45, 2.75) is 4.90 Å². The van der Waals surface area contributed by atoms with Gasteiger partial charge in [0, 0.05) is 12.1 Å². The third kappa shape index (κ3) is 3.19. The maximum absolute atomic E-state index is 11.6. The molecule has 0 aliphatic heterocycles. The van der Waals surface area contributed by atoms with Crippen LogP contribution in [0.4, 0.5) is 5.69 Å². The van der Waals surface area contributed by atoms with E-state index in [2.05, 4.69) is 4.13 Å². The summed E-state index contributed by atoms with van der Waals surface area (Å²) >= 11 is -0.636. The molecule has 88 valence electrons. The maximum Gasteiger partial charge on any atom is 0.270 e. The van der Waals surface area contributed by atoms with Gasteiger partial charge >= 0.3 is 0 Å². The molecule has 0 spiro atoms. The van der Waals surface area contributed by atoms with E-state index in [0.717, 1.165) is 6.07 Å². The van der Waals surface area contributed by atoms with Crippen molar-refractivity contribution in [3.8, 4) is 0 Å². The van der Waals surface area contributed by atoms with Gasteiger partial charge in [0.2, 0.25) is 0 Å². The van der Waals surface area contributed by atoms with Gasteiger partial charge in [0.25, 0.3) is 5.69 Å². The Hall–Kier alpha value is -1.12. The molecule has 1 aromatic carbocycles. The minimum Gasteiger partial charge on any atom is -0.313 e. The highest BCUT2D eigenvalue weighted by Gasteiger charge is 2.13. The third-order valence-electron chi connectivity index (χ3n) is 1.57. The van der Waals surface area contributed by atoms with E-state index in [1.165, 1.54) is 18.2 Å². The van der Waals surface area contributed by atoms with Crippen molar-refractivity contribution in [3.05, 3.63) is 38.5 Å². The number of sulfonamides is 1. The predicted octanol–water partition coefficient (Wildman–Crippen LogP) is 1.45. The molecule has 0 N–H and O–H groups in total. The molecule has 0 aliphatic carbocycles. The molecule has 0 saturated carbocycles. The van der Waals surface area contributed by atoms with E-state index in [9.17, 15) is 18.5 Å². The molecule has 16 heavy (non-hydrogen) atoms. The molecule has 1 aromatic rings. The molecule has 1 rings (SSSR count). The van der Waals surface area contributed by atoms with E-state index in [1.54, 1.807) is 12.5 Å². The number of non-ortho nitro benzene ring substituents is 1. The lowest BCUT2D eigenvalue weighted by Crippen LogP contribution is -2.05. The van der Waals surface area contributed by atoms with Crippen LogP contribution in [0.25, 0.3) is 4.13 Å². The Labute approximate surface area is 96.4 Å². The smallest absolute Gasteiger partial charge is 0.270 e. The standard InChI is InChI=1S/C8H10N2O4S2/c1-15(2)9-16(13,14)8-5-3-4-7(6-8)10(11)12/h3-6H,1-2H3. The lowest BCUT2D eigenvalue weighted by Gasteiger charge is -2.14. The summed E-state index contributed by atoms with van der Waals surface area (Å²) in [7, 11) is -3.78. The second-order valence-electron chi connectivity index (χ2n) is 3.08. The van der Waals surface area contributed by atoms with Gasteiger partial charge in [0.05, 0.1) is 22.3 Å². The van der Waals surface area contributed by atoms with E-state index in [0.29, 0.717) is 0 Å². The minimum atomic E-state index is -3.78. The fourth-order valence-corrected chi connectivity index (χ4v) is 3.43. The highest BCUT2D eigenvalue weighted by Crippen LogP contribution is 2.23. The summed E-state index contributed by atoms with van der Waals surface area (Å²) in [5.74, 6) is 0. The summed E-state index contributed by atoms with van der Waals surface area (Å²) in [6, 6.07) is 4.85. The van der Waals surface area contributed by atoms with Gasteiger partial charge in [-0.3, -0.25) is 10.1 Å². The van der Waals surface area contributed by atoms with Gasteiger partial charge in [-0.05, 0) is 6.07 Å². The van der Waals surface area contributed by atoms with Crippen molar-refractivity contribution in [3.63, 3.8) is 0 Å². The summed E-state index contributed by atoms with van der Waals surface area (Å²) < 4.78 is 26.8. The maximum atomic E-state index is 11.6. The second-order valence-corrected chi connectivity index (χ2v) is 6.64.